The van der Waals surface area contributed by atoms with E-state index in [0.717, 1.165) is 16.3 Å². The summed E-state index contributed by atoms with van der Waals surface area (Å²) in [5, 5.41) is 2.74. The standard InChI is InChI=1S/C14H13ClN4O2S2/c1-9-17-12(7-22-9)10-4-3-5-11(6-10)18-23(20,21)14-13(15)19(2)8-16-14/h3-8,18H,1-2H3. The third-order valence-electron chi connectivity index (χ3n) is 3.12. The maximum atomic E-state index is 12.4. The van der Waals surface area contributed by atoms with Crippen LogP contribution in [-0.4, -0.2) is 23.0 Å². The van der Waals surface area contributed by atoms with Gasteiger partial charge in [0.25, 0.3) is 10.0 Å². The Balaban J connectivity index is 1.93. The van der Waals surface area contributed by atoms with Crippen molar-refractivity contribution in [3.63, 3.8) is 0 Å². The Kier molecular flexibility index (Phi) is 4.13. The monoisotopic (exact) mass is 368 g/mol. The first-order chi connectivity index (χ1) is 10.9. The van der Waals surface area contributed by atoms with Crippen molar-refractivity contribution in [2.75, 3.05) is 4.72 Å². The van der Waals surface area contributed by atoms with Gasteiger partial charge in [0, 0.05) is 23.7 Å². The van der Waals surface area contributed by atoms with Crippen LogP contribution in [0.3, 0.4) is 0 Å². The molecule has 0 aliphatic carbocycles. The van der Waals surface area contributed by atoms with Crippen molar-refractivity contribution in [3.8, 4) is 11.3 Å². The van der Waals surface area contributed by atoms with Gasteiger partial charge in [0.1, 0.15) is 5.15 Å². The van der Waals surface area contributed by atoms with Gasteiger partial charge < -0.3 is 4.57 Å². The molecule has 0 amide bonds. The Bertz CT molecular complexity index is 963. The molecule has 0 bridgehead atoms. The minimum atomic E-state index is -3.85. The molecular weight excluding hydrogens is 356 g/mol. The van der Waals surface area contributed by atoms with Crippen molar-refractivity contribution >= 4 is 38.6 Å². The zero-order chi connectivity index (χ0) is 16.6. The Morgan fingerprint density at radius 3 is 2.74 bits per heavy atom. The van der Waals surface area contributed by atoms with Gasteiger partial charge >= 0.3 is 0 Å². The average molecular weight is 369 g/mol. The van der Waals surface area contributed by atoms with E-state index in [1.54, 1.807) is 25.2 Å². The van der Waals surface area contributed by atoms with Gasteiger partial charge in [-0.3, -0.25) is 4.72 Å². The smallest absolute Gasteiger partial charge is 0.282 e. The van der Waals surface area contributed by atoms with Gasteiger partial charge in [-0.25, -0.2) is 9.97 Å². The molecule has 0 fully saturated rings. The minimum Gasteiger partial charge on any atom is -0.324 e. The lowest BCUT2D eigenvalue weighted by Gasteiger charge is -2.07. The van der Waals surface area contributed by atoms with Gasteiger partial charge in [0.2, 0.25) is 5.03 Å². The zero-order valence-electron chi connectivity index (χ0n) is 12.3. The normalized spacial score (nSPS) is 11.6. The number of hydrogen-bond donors (Lipinski definition) is 1. The van der Waals surface area contributed by atoms with Crippen molar-refractivity contribution in [1.29, 1.82) is 0 Å². The molecule has 0 aliphatic heterocycles. The molecule has 3 aromatic rings. The fourth-order valence-electron chi connectivity index (χ4n) is 2.02. The predicted octanol–water partition coefficient (Wildman–Crippen LogP) is 3.31. The number of benzene rings is 1. The molecule has 0 atom stereocenters. The highest BCUT2D eigenvalue weighted by Gasteiger charge is 2.22. The molecule has 3 rings (SSSR count). The van der Waals surface area contributed by atoms with Gasteiger partial charge in [-0.15, -0.1) is 11.3 Å². The number of anilines is 1. The summed E-state index contributed by atoms with van der Waals surface area (Å²) in [5.41, 5.74) is 2.07. The summed E-state index contributed by atoms with van der Waals surface area (Å²) >= 11 is 7.50. The number of aromatic nitrogens is 3. The fraction of sp³-hybridized carbons (Fsp3) is 0.143. The van der Waals surface area contributed by atoms with E-state index in [1.165, 1.54) is 22.2 Å². The van der Waals surface area contributed by atoms with E-state index in [4.69, 9.17) is 11.6 Å². The molecule has 120 valence electrons. The molecule has 0 saturated heterocycles. The van der Waals surface area contributed by atoms with E-state index in [2.05, 4.69) is 14.7 Å². The van der Waals surface area contributed by atoms with Crippen LogP contribution in [-0.2, 0) is 17.1 Å². The lowest BCUT2D eigenvalue weighted by molar-refractivity contribution is 0.598. The molecule has 0 unspecified atom stereocenters. The first kappa shape index (κ1) is 16.0. The van der Waals surface area contributed by atoms with Gasteiger partial charge in [0.05, 0.1) is 17.0 Å². The summed E-state index contributed by atoms with van der Waals surface area (Å²) in [4.78, 5) is 8.24. The quantitative estimate of drug-likeness (QED) is 0.766. The molecule has 1 aromatic carbocycles. The van der Waals surface area contributed by atoms with Crippen LogP contribution in [0.5, 0.6) is 0 Å². The van der Waals surface area contributed by atoms with Crippen LogP contribution in [0.25, 0.3) is 11.3 Å². The molecule has 6 nitrogen and oxygen atoms in total. The number of halogens is 1. The number of nitrogens with zero attached hydrogens (tertiary/aromatic N) is 3. The summed E-state index contributed by atoms with van der Waals surface area (Å²) in [5.74, 6) is 0. The number of aryl methyl sites for hydroxylation is 2. The van der Waals surface area contributed by atoms with E-state index < -0.39 is 10.0 Å². The van der Waals surface area contributed by atoms with E-state index in [9.17, 15) is 8.42 Å². The van der Waals surface area contributed by atoms with Gasteiger partial charge in [-0.1, -0.05) is 23.7 Å². The second-order valence-electron chi connectivity index (χ2n) is 4.89. The van der Waals surface area contributed by atoms with Crippen molar-refractivity contribution in [2.24, 2.45) is 7.05 Å². The predicted molar refractivity (Wildman–Crippen MR) is 91.3 cm³/mol. The third-order valence-corrected chi connectivity index (χ3v) is 5.76. The Hall–Kier alpha value is -1.90. The van der Waals surface area contributed by atoms with Crippen molar-refractivity contribution in [2.45, 2.75) is 11.9 Å². The fourth-order valence-corrected chi connectivity index (χ4v) is 4.12. The lowest BCUT2D eigenvalue weighted by atomic mass is 10.1. The van der Waals surface area contributed by atoms with Crippen molar-refractivity contribution < 1.29 is 8.42 Å². The maximum Gasteiger partial charge on any atom is 0.282 e. The summed E-state index contributed by atoms with van der Waals surface area (Å²) in [6.07, 6.45) is 1.35. The maximum absolute atomic E-state index is 12.4. The largest absolute Gasteiger partial charge is 0.324 e. The topological polar surface area (TPSA) is 76.9 Å². The molecular formula is C14H13ClN4O2S2. The SMILES string of the molecule is Cc1nc(-c2cccc(NS(=O)(=O)c3ncn(C)c3Cl)c2)cs1. The van der Waals surface area contributed by atoms with Gasteiger partial charge in [0.15, 0.2) is 0 Å². The second kappa shape index (κ2) is 5.95. The third kappa shape index (κ3) is 3.24. The number of hydrogen-bond acceptors (Lipinski definition) is 5. The number of rotatable bonds is 4. The highest BCUT2D eigenvalue weighted by Crippen LogP contribution is 2.26. The van der Waals surface area contributed by atoms with Gasteiger partial charge in [-0.2, -0.15) is 8.42 Å². The van der Waals surface area contributed by atoms with Crippen molar-refractivity contribution in [3.05, 3.63) is 46.1 Å². The Labute approximate surface area is 142 Å². The minimum absolute atomic E-state index is 0.0591. The summed E-state index contributed by atoms with van der Waals surface area (Å²) in [7, 11) is -2.22. The Morgan fingerprint density at radius 2 is 2.13 bits per heavy atom. The molecule has 0 radical (unpaired) electrons. The van der Waals surface area contributed by atoms with Crippen LogP contribution in [0, 0.1) is 6.92 Å². The first-order valence-electron chi connectivity index (χ1n) is 6.59. The van der Waals surface area contributed by atoms with Crippen LogP contribution in [0.15, 0.2) is 41.0 Å². The molecule has 0 saturated carbocycles. The van der Waals surface area contributed by atoms with Crippen LogP contribution in [0.1, 0.15) is 5.01 Å². The Morgan fingerprint density at radius 1 is 1.35 bits per heavy atom. The lowest BCUT2D eigenvalue weighted by Crippen LogP contribution is -2.14. The first-order valence-corrected chi connectivity index (χ1v) is 9.33. The van der Waals surface area contributed by atoms with Crippen LogP contribution < -0.4 is 4.72 Å². The highest BCUT2D eigenvalue weighted by molar-refractivity contribution is 7.92. The van der Waals surface area contributed by atoms with Crippen LogP contribution in [0.4, 0.5) is 5.69 Å². The summed E-state index contributed by atoms with van der Waals surface area (Å²) in [6, 6.07) is 7.03. The number of sulfonamides is 1. The summed E-state index contributed by atoms with van der Waals surface area (Å²) in [6.45, 7) is 1.92. The van der Waals surface area contributed by atoms with E-state index >= 15 is 0 Å². The van der Waals surface area contributed by atoms with Gasteiger partial charge in [-0.05, 0) is 19.1 Å². The zero-order valence-corrected chi connectivity index (χ0v) is 14.7. The number of imidazole rings is 1. The molecule has 0 aliphatic rings. The van der Waals surface area contributed by atoms with E-state index in [-0.39, 0.29) is 10.2 Å². The van der Waals surface area contributed by atoms with Crippen LogP contribution >= 0.6 is 22.9 Å². The molecule has 1 N–H and O–H groups in total. The highest BCUT2D eigenvalue weighted by atomic mass is 35.5. The number of nitrogens with one attached hydrogen (secondary N) is 1. The number of thiazole rings is 1. The van der Waals surface area contributed by atoms with Crippen molar-refractivity contribution in [1.82, 2.24) is 14.5 Å². The summed E-state index contributed by atoms with van der Waals surface area (Å²) < 4.78 is 28.7. The molecule has 23 heavy (non-hydrogen) atoms. The molecule has 2 heterocycles. The molecule has 2 aromatic heterocycles. The second-order valence-corrected chi connectivity index (χ2v) is 7.91. The van der Waals surface area contributed by atoms with E-state index in [1.807, 2.05) is 18.4 Å². The molecule has 9 heteroatoms. The van der Waals surface area contributed by atoms with E-state index in [0.29, 0.717) is 5.69 Å². The average Bonchev–Trinajstić information content (AvgIpc) is 3.06. The molecule has 0 spiro atoms. The van der Waals surface area contributed by atoms with Crippen LogP contribution in [0.2, 0.25) is 5.15 Å².